The summed E-state index contributed by atoms with van der Waals surface area (Å²) in [6, 6.07) is 4.70. The zero-order valence-electron chi connectivity index (χ0n) is 6.96. The average Bonchev–Trinajstić information content (AvgIpc) is 2.27. The molecule has 2 heterocycles. The van der Waals surface area contributed by atoms with Crippen molar-refractivity contribution < 1.29 is 21.1 Å². The molecule has 0 amide bonds. The smallest absolute Gasteiger partial charge is 0.419 e. The Hall–Kier alpha value is -0.692. The molecule has 0 aliphatic rings. The number of nitrogens with one attached hydrogen (secondary N) is 1. The molecule has 1 N–H and O–H groups in total. The third kappa shape index (κ3) is 1.92. The molecule has 3 nitrogen and oxygen atoms in total. The van der Waals surface area contributed by atoms with Crippen molar-refractivity contribution in [1.82, 2.24) is 15.0 Å². The normalized spacial score (nSPS) is 8.75. The van der Waals surface area contributed by atoms with Crippen molar-refractivity contribution in [2.75, 3.05) is 0 Å². The van der Waals surface area contributed by atoms with E-state index in [1.807, 2.05) is 13.0 Å². The summed E-state index contributed by atoms with van der Waals surface area (Å²) in [6.45, 7) is 1.90. The third-order valence-corrected chi connectivity index (χ3v) is 1.32. The Morgan fingerprint density at radius 1 is 1.50 bits per heavy atom. The quantitative estimate of drug-likeness (QED) is 0.744. The van der Waals surface area contributed by atoms with E-state index in [4.69, 9.17) is 0 Å². The number of hydrogen-bond donors (Lipinski definition) is 1. The van der Waals surface area contributed by atoms with Crippen molar-refractivity contribution in [2.45, 2.75) is 6.92 Å². The molecule has 12 heavy (non-hydrogen) atoms. The van der Waals surface area contributed by atoms with Crippen molar-refractivity contribution in [3.05, 3.63) is 31.6 Å². The first-order chi connectivity index (χ1) is 4.86. The summed E-state index contributed by atoms with van der Waals surface area (Å²) >= 11 is 0. The molecule has 0 aromatic carbocycles. The molecule has 0 unspecified atom stereocenters. The minimum atomic E-state index is 0. The summed E-state index contributed by atoms with van der Waals surface area (Å²) in [5, 5.41) is 0. The van der Waals surface area contributed by atoms with Crippen LogP contribution in [-0.2, 0) is 21.1 Å². The van der Waals surface area contributed by atoms with E-state index in [0.29, 0.717) is 0 Å². The Morgan fingerprint density at radius 3 is 2.92 bits per heavy atom. The molecule has 0 atom stereocenters. The van der Waals surface area contributed by atoms with Crippen LogP contribution >= 0.6 is 0 Å². The molecule has 0 spiro atoms. The Bertz CT molecular complexity index is 323. The monoisotopic (exact) mass is 331 g/mol. The topological polar surface area (TPSA) is 41.6 Å². The van der Waals surface area contributed by atoms with Crippen molar-refractivity contribution in [1.29, 1.82) is 0 Å². The molecule has 0 radical (unpaired) electrons. The Labute approximate surface area is 85.9 Å². The fourth-order valence-electron chi connectivity index (χ4n) is 0.916. The molecule has 0 saturated heterocycles. The maximum Gasteiger partial charge on any atom is 2.00 e. The molecule has 2 aromatic heterocycles. The molecule has 2 aromatic rings. The summed E-state index contributed by atoms with van der Waals surface area (Å²) in [4.78, 5) is 11.2. The van der Waals surface area contributed by atoms with Gasteiger partial charge in [0.1, 0.15) is 0 Å². The second-order valence-corrected chi connectivity index (χ2v) is 2.13. The molecule has 0 aliphatic carbocycles. The van der Waals surface area contributed by atoms with Crippen LogP contribution in [0.5, 0.6) is 0 Å². The van der Waals surface area contributed by atoms with E-state index in [-0.39, 0.29) is 28.5 Å². The molecule has 0 saturated carbocycles. The van der Waals surface area contributed by atoms with Gasteiger partial charge in [-0.15, -0.1) is 0 Å². The number of hydrogen-bond acceptors (Lipinski definition) is 2. The fraction of sp³-hybridized carbons (Fsp3) is 0.125. The molecule has 62 valence electrons. The van der Waals surface area contributed by atoms with Crippen LogP contribution in [0.3, 0.4) is 0 Å². The number of pyridine rings is 1. The molecule has 2 rings (SSSR count). The molecule has 4 heteroatoms. The fourth-order valence-corrected chi connectivity index (χ4v) is 0.916. The van der Waals surface area contributed by atoms with E-state index in [9.17, 15) is 0 Å². The predicted octanol–water partition coefficient (Wildman–Crippen LogP) is 1.51. The number of aromatic nitrogens is 3. The van der Waals surface area contributed by atoms with Crippen molar-refractivity contribution in [3.63, 3.8) is 0 Å². The molecular formula is C8H9N3W. The molecule has 0 bridgehead atoms. The minimum Gasteiger partial charge on any atom is -0.419 e. The standard InChI is InChI=1S/C7H6N3.CH3.W/c1-5-9-6-3-2-4-8-7(6)10-5;;/h3-4H,1H3,(H,8,9,10);1H3;/q2*-1;+2. The van der Waals surface area contributed by atoms with Gasteiger partial charge in [-0.1, -0.05) is 11.7 Å². The summed E-state index contributed by atoms with van der Waals surface area (Å²) in [5.74, 6) is 0.891. The minimum absolute atomic E-state index is 0. The van der Waals surface area contributed by atoms with E-state index < -0.39 is 0 Å². The van der Waals surface area contributed by atoms with Gasteiger partial charge in [0.2, 0.25) is 0 Å². The third-order valence-electron chi connectivity index (χ3n) is 1.32. The van der Waals surface area contributed by atoms with Gasteiger partial charge in [-0.25, -0.2) is 17.1 Å². The molecule has 0 fully saturated rings. The van der Waals surface area contributed by atoms with E-state index in [0.717, 1.165) is 17.0 Å². The maximum atomic E-state index is 4.13. The SMILES string of the molecule is Cc1nc2nc[c-]cc2[nH]1.[CH3-].[W+2]. The largest absolute Gasteiger partial charge is 2.00 e. The van der Waals surface area contributed by atoms with E-state index in [1.54, 1.807) is 6.20 Å². The predicted molar refractivity (Wildman–Crippen MR) is 43.9 cm³/mol. The van der Waals surface area contributed by atoms with Gasteiger partial charge >= 0.3 is 21.1 Å². The summed E-state index contributed by atoms with van der Waals surface area (Å²) in [5.41, 5.74) is 1.70. The van der Waals surface area contributed by atoms with Gasteiger partial charge in [-0.3, -0.25) is 4.98 Å². The van der Waals surface area contributed by atoms with Crippen LogP contribution < -0.4 is 0 Å². The maximum absolute atomic E-state index is 4.13. The van der Waals surface area contributed by atoms with Crippen LogP contribution in [-0.4, -0.2) is 15.0 Å². The van der Waals surface area contributed by atoms with Crippen LogP contribution in [0.25, 0.3) is 11.2 Å². The van der Waals surface area contributed by atoms with E-state index in [2.05, 4.69) is 21.0 Å². The number of imidazole rings is 1. The van der Waals surface area contributed by atoms with Crippen LogP contribution in [0.15, 0.2) is 12.3 Å². The number of aromatic amines is 1. The van der Waals surface area contributed by atoms with Crippen molar-refractivity contribution >= 4 is 11.2 Å². The van der Waals surface area contributed by atoms with Gasteiger partial charge in [-0.2, -0.15) is 0 Å². The second kappa shape index (κ2) is 4.36. The Kier molecular flexibility index (Phi) is 4.11. The van der Waals surface area contributed by atoms with Gasteiger partial charge in [0.25, 0.3) is 0 Å². The number of fused-ring (bicyclic) bond motifs is 1. The van der Waals surface area contributed by atoms with Gasteiger partial charge < -0.3 is 12.4 Å². The average molecular weight is 331 g/mol. The second-order valence-electron chi connectivity index (χ2n) is 2.13. The first-order valence-electron chi connectivity index (χ1n) is 3.05. The van der Waals surface area contributed by atoms with Crippen LogP contribution in [0.2, 0.25) is 0 Å². The molecular weight excluding hydrogens is 322 g/mol. The van der Waals surface area contributed by atoms with Crippen LogP contribution in [0.1, 0.15) is 5.82 Å². The zero-order chi connectivity index (χ0) is 6.97. The number of aryl methyl sites for hydroxylation is 1. The Morgan fingerprint density at radius 2 is 2.25 bits per heavy atom. The summed E-state index contributed by atoms with van der Waals surface area (Å²) in [7, 11) is 0. The van der Waals surface area contributed by atoms with E-state index in [1.165, 1.54) is 0 Å². The number of H-pyrrole nitrogens is 1. The first kappa shape index (κ1) is 11.3. The van der Waals surface area contributed by atoms with Gasteiger partial charge in [0.05, 0.1) is 11.5 Å². The first-order valence-corrected chi connectivity index (χ1v) is 3.05. The van der Waals surface area contributed by atoms with Crippen LogP contribution in [0.4, 0.5) is 0 Å². The van der Waals surface area contributed by atoms with Crippen LogP contribution in [0, 0.1) is 20.4 Å². The van der Waals surface area contributed by atoms with E-state index >= 15 is 0 Å². The van der Waals surface area contributed by atoms with Gasteiger partial charge in [0, 0.05) is 0 Å². The Balaban J connectivity index is 0.000000605. The number of rotatable bonds is 0. The van der Waals surface area contributed by atoms with Gasteiger partial charge in [-0.05, 0) is 6.92 Å². The summed E-state index contributed by atoms with van der Waals surface area (Å²) < 4.78 is 0. The summed E-state index contributed by atoms with van der Waals surface area (Å²) in [6.07, 6.45) is 1.61. The zero-order valence-corrected chi connectivity index (χ0v) is 9.89. The van der Waals surface area contributed by atoms with Crippen molar-refractivity contribution in [3.8, 4) is 0 Å². The number of nitrogens with zero attached hydrogens (tertiary/aromatic N) is 2. The van der Waals surface area contributed by atoms with Gasteiger partial charge in [0.15, 0.2) is 0 Å². The molecule has 0 aliphatic heterocycles. The van der Waals surface area contributed by atoms with Crippen molar-refractivity contribution in [2.24, 2.45) is 0 Å².